The molecule has 0 radical (unpaired) electrons. The lowest BCUT2D eigenvalue weighted by Crippen LogP contribution is -2.23. The van der Waals surface area contributed by atoms with E-state index in [-0.39, 0.29) is 22.2 Å². The molecular formula is C24H15F2N3O3S. The summed E-state index contributed by atoms with van der Waals surface area (Å²) in [6.07, 6.45) is 0. The molecule has 0 atom stereocenters. The fraction of sp³-hybridized carbons (Fsp3) is 0.0417. The number of anilines is 1. The molecule has 5 aromatic rings. The number of nitrogens with zero attached hydrogens (tertiary/aromatic N) is 2. The summed E-state index contributed by atoms with van der Waals surface area (Å²) in [5.41, 5.74) is 0.503. The molecule has 0 unspecified atom stereocenters. The summed E-state index contributed by atoms with van der Waals surface area (Å²) in [6, 6.07) is 18.3. The molecule has 0 saturated carbocycles. The van der Waals surface area contributed by atoms with E-state index in [2.05, 4.69) is 10.3 Å². The van der Waals surface area contributed by atoms with Crippen molar-refractivity contribution >= 4 is 45.4 Å². The van der Waals surface area contributed by atoms with Gasteiger partial charge in [0.2, 0.25) is 11.5 Å². The van der Waals surface area contributed by atoms with Crippen molar-refractivity contribution in [1.29, 1.82) is 0 Å². The number of hydrogen-bond donors (Lipinski definition) is 1. The van der Waals surface area contributed by atoms with Crippen LogP contribution in [0.3, 0.4) is 0 Å². The summed E-state index contributed by atoms with van der Waals surface area (Å²) >= 11 is 0.961. The van der Waals surface area contributed by atoms with Gasteiger partial charge in [-0.1, -0.05) is 42.1 Å². The van der Waals surface area contributed by atoms with Crippen LogP contribution in [0.1, 0.15) is 0 Å². The van der Waals surface area contributed by atoms with Crippen LogP contribution in [-0.4, -0.2) is 21.2 Å². The quantitative estimate of drug-likeness (QED) is 0.289. The van der Waals surface area contributed by atoms with Gasteiger partial charge in [0.25, 0.3) is 0 Å². The number of halogens is 2. The Hall–Kier alpha value is -3.98. The smallest absolute Gasteiger partial charge is 0.302 e. The van der Waals surface area contributed by atoms with Gasteiger partial charge in [0.1, 0.15) is 22.7 Å². The van der Waals surface area contributed by atoms with Crippen molar-refractivity contribution in [2.45, 2.75) is 5.16 Å². The van der Waals surface area contributed by atoms with Gasteiger partial charge >= 0.3 is 5.56 Å². The number of amides is 1. The molecule has 5 rings (SSSR count). The SMILES string of the molecule is O=C(CSc1nc2c(oc3ccccc32)c(=O)n1-c1ccccc1F)Nc1cccc(F)c1. The van der Waals surface area contributed by atoms with Gasteiger partial charge in [0, 0.05) is 11.1 Å². The Bertz CT molecular complexity index is 1580. The third-order valence-electron chi connectivity index (χ3n) is 4.90. The summed E-state index contributed by atoms with van der Waals surface area (Å²) in [6.45, 7) is 0. The van der Waals surface area contributed by atoms with Crippen molar-refractivity contribution in [2.75, 3.05) is 11.1 Å². The Morgan fingerprint density at radius 1 is 1.03 bits per heavy atom. The Balaban J connectivity index is 1.58. The van der Waals surface area contributed by atoms with Crippen molar-refractivity contribution in [2.24, 2.45) is 0 Å². The molecule has 6 nitrogen and oxygen atoms in total. The van der Waals surface area contributed by atoms with E-state index in [1.54, 1.807) is 36.4 Å². The van der Waals surface area contributed by atoms with Crippen molar-refractivity contribution in [1.82, 2.24) is 9.55 Å². The fourth-order valence-corrected chi connectivity index (χ4v) is 4.26. The molecule has 1 N–H and O–H groups in total. The van der Waals surface area contributed by atoms with Crippen LogP contribution in [0.25, 0.3) is 27.8 Å². The first kappa shape index (κ1) is 20.9. The normalized spacial score (nSPS) is 11.2. The number of benzene rings is 3. The highest BCUT2D eigenvalue weighted by Crippen LogP contribution is 2.29. The van der Waals surface area contributed by atoms with Crippen LogP contribution in [-0.2, 0) is 4.79 Å². The summed E-state index contributed by atoms with van der Waals surface area (Å²) in [4.78, 5) is 30.4. The number of hydrogen-bond acceptors (Lipinski definition) is 5. The molecule has 1 amide bonds. The van der Waals surface area contributed by atoms with E-state index in [1.807, 2.05) is 0 Å². The van der Waals surface area contributed by atoms with Gasteiger partial charge in [-0.15, -0.1) is 0 Å². The first-order chi connectivity index (χ1) is 16.0. The molecule has 164 valence electrons. The summed E-state index contributed by atoms with van der Waals surface area (Å²) in [7, 11) is 0. The van der Waals surface area contributed by atoms with E-state index in [4.69, 9.17) is 4.42 Å². The number of furan rings is 1. The number of fused-ring (bicyclic) bond motifs is 3. The zero-order chi connectivity index (χ0) is 22.9. The second kappa shape index (κ2) is 8.51. The van der Waals surface area contributed by atoms with E-state index in [0.717, 1.165) is 16.3 Å². The minimum atomic E-state index is -0.622. The van der Waals surface area contributed by atoms with E-state index in [0.29, 0.717) is 22.2 Å². The second-order valence-electron chi connectivity index (χ2n) is 7.11. The van der Waals surface area contributed by atoms with Crippen molar-refractivity contribution < 1.29 is 18.0 Å². The van der Waals surface area contributed by atoms with Crippen LogP contribution in [0.4, 0.5) is 14.5 Å². The number of carbonyl (C=O) groups excluding carboxylic acids is 1. The predicted octanol–water partition coefficient (Wildman–Crippen LogP) is 5.14. The third-order valence-corrected chi connectivity index (χ3v) is 5.84. The third kappa shape index (κ3) is 3.98. The van der Waals surface area contributed by atoms with Gasteiger partial charge in [-0.05, 0) is 42.5 Å². The molecule has 0 aliphatic rings. The van der Waals surface area contributed by atoms with Crippen LogP contribution in [0.2, 0.25) is 0 Å². The Morgan fingerprint density at radius 2 is 1.82 bits per heavy atom. The van der Waals surface area contributed by atoms with Gasteiger partial charge < -0.3 is 9.73 Å². The highest BCUT2D eigenvalue weighted by Gasteiger charge is 2.21. The molecule has 33 heavy (non-hydrogen) atoms. The maximum atomic E-state index is 14.6. The van der Waals surface area contributed by atoms with Gasteiger partial charge in [-0.25, -0.2) is 18.3 Å². The number of carbonyl (C=O) groups is 1. The van der Waals surface area contributed by atoms with Gasteiger partial charge in [-0.2, -0.15) is 0 Å². The molecule has 2 aromatic heterocycles. The molecule has 0 aliphatic heterocycles. The second-order valence-corrected chi connectivity index (χ2v) is 8.05. The van der Waals surface area contributed by atoms with E-state index < -0.39 is 23.1 Å². The molecular weight excluding hydrogens is 448 g/mol. The minimum absolute atomic E-state index is 0.00647. The molecule has 0 spiro atoms. The van der Waals surface area contributed by atoms with Crippen molar-refractivity contribution in [3.8, 4) is 5.69 Å². The molecule has 9 heteroatoms. The number of nitrogens with one attached hydrogen (secondary N) is 1. The zero-order valence-corrected chi connectivity index (χ0v) is 17.7. The number of aromatic nitrogens is 2. The van der Waals surface area contributed by atoms with Crippen LogP contribution in [0.15, 0.2) is 87.2 Å². The number of para-hydroxylation sites is 2. The molecule has 0 bridgehead atoms. The van der Waals surface area contributed by atoms with Gasteiger partial charge in [0.15, 0.2) is 5.16 Å². The van der Waals surface area contributed by atoms with E-state index >= 15 is 0 Å². The lowest BCUT2D eigenvalue weighted by molar-refractivity contribution is -0.113. The number of thioether (sulfide) groups is 1. The fourth-order valence-electron chi connectivity index (χ4n) is 3.46. The average Bonchev–Trinajstić information content (AvgIpc) is 3.18. The van der Waals surface area contributed by atoms with Crippen LogP contribution in [0, 0.1) is 11.6 Å². The lowest BCUT2D eigenvalue weighted by Gasteiger charge is -2.12. The standard InChI is InChI=1S/C24H15F2N3O3S/c25-14-6-5-7-15(12-14)27-20(30)13-33-24-28-21-16-8-1-4-11-19(16)32-22(21)23(31)29(24)18-10-3-2-9-17(18)26/h1-12H,13H2,(H,27,30). The van der Waals surface area contributed by atoms with Crippen LogP contribution in [0.5, 0.6) is 0 Å². The van der Waals surface area contributed by atoms with E-state index in [9.17, 15) is 18.4 Å². The molecule has 0 aliphatic carbocycles. The topological polar surface area (TPSA) is 77.1 Å². The monoisotopic (exact) mass is 463 g/mol. The highest BCUT2D eigenvalue weighted by atomic mass is 32.2. The van der Waals surface area contributed by atoms with Crippen molar-refractivity contribution in [3.05, 3.63) is 94.8 Å². The highest BCUT2D eigenvalue weighted by molar-refractivity contribution is 7.99. The maximum absolute atomic E-state index is 14.6. The Kier molecular flexibility index (Phi) is 5.39. The molecule has 0 saturated heterocycles. The van der Waals surface area contributed by atoms with Crippen LogP contribution >= 0.6 is 11.8 Å². The average molecular weight is 463 g/mol. The zero-order valence-electron chi connectivity index (χ0n) is 16.9. The molecule has 2 heterocycles. The molecule has 3 aromatic carbocycles. The summed E-state index contributed by atoms with van der Waals surface area (Å²) < 4.78 is 34.8. The van der Waals surface area contributed by atoms with Crippen LogP contribution < -0.4 is 10.9 Å². The Morgan fingerprint density at radius 3 is 2.64 bits per heavy atom. The van der Waals surface area contributed by atoms with Gasteiger partial charge in [0.05, 0.1) is 11.4 Å². The first-order valence-corrected chi connectivity index (χ1v) is 10.9. The maximum Gasteiger partial charge on any atom is 0.302 e. The summed E-state index contributed by atoms with van der Waals surface area (Å²) in [5, 5.41) is 3.35. The van der Waals surface area contributed by atoms with Crippen molar-refractivity contribution in [3.63, 3.8) is 0 Å². The lowest BCUT2D eigenvalue weighted by atomic mass is 10.2. The van der Waals surface area contributed by atoms with Gasteiger partial charge in [-0.3, -0.25) is 9.59 Å². The minimum Gasteiger partial charge on any atom is -0.448 e. The largest absolute Gasteiger partial charge is 0.448 e. The Labute approximate surface area is 189 Å². The predicted molar refractivity (Wildman–Crippen MR) is 123 cm³/mol. The summed E-state index contributed by atoms with van der Waals surface area (Å²) in [5.74, 6) is -1.67. The number of rotatable bonds is 5. The first-order valence-electron chi connectivity index (χ1n) is 9.88. The molecule has 0 fully saturated rings. The van der Waals surface area contributed by atoms with E-state index in [1.165, 1.54) is 36.4 Å².